The van der Waals surface area contributed by atoms with E-state index in [0.717, 1.165) is 11.5 Å². The maximum Gasteiger partial charge on any atom is 0.0191 e. The van der Waals surface area contributed by atoms with E-state index in [1.54, 1.807) is 0 Å². The first-order chi connectivity index (χ1) is 9.84. The van der Waals surface area contributed by atoms with E-state index in [2.05, 4.69) is 71.9 Å². The van der Waals surface area contributed by atoms with Gasteiger partial charge in [0, 0.05) is 36.1 Å². The zero-order valence-electron chi connectivity index (χ0n) is 12.0. The van der Waals surface area contributed by atoms with Crippen molar-refractivity contribution in [2.75, 3.05) is 31.6 Å². The molecule has 1 aliphatic rings. The second-order valence-electron chi connectivity index (χ2n) is 5.34. The van der Waals surface area contributed by atoms with E-state index < -0.39 is 0 Å². The van der Waals surface area contributed by atoms with Crippen LogP contribution in [0.3, 0.4) is 0 Å². The van der Waals surface area contributed by atoms with Crippen LogP contribution in [0.4, 0.5) is 0 Å². The normalized spacial score (nSPS) is 18.4. The second-order valence-corrected chi connectivity index (χ2v) is 7.55. The van der Waals surface area contributed by atoms with E-state index in [4.69, 9.17) is 0 Å². The molecule has 1 heterocycles. The summed E-state index contributed by atoms with van der Waals surface area (Å²) in [6.07, 6.45) is 0. The average Bonchev–Trinajstić information content (AvgIpc) is 2.48. The molecule has 3 heteroatoms. The summed E-state index contributed by atoms with van der Waals surface area (Å²) in [6, 6.07) is 13.6. The summed E-state index contributed by atoms with van der Waals surface area (Å²) in [6.45, 7) is 2.39. The Kier molecular flexibility index (Phi) is 4.92. The van der Waals surface area contributed by atoms with E-state index in [-0.39, 0.29) is 0 Å². The molecule has 0 radical (unpaired) electrons. The summed E-state index contributed by atoms with van der Waals surface area (Å²) in [5, 5.41) is 2.90. The highest BCUT2D eigenvalue weighted by Gasteiger charge is 2.07. The van der Waals surface area contributed by atoms with Crippen LogP contribution in [-0.4, -0.2) is 36.5 Å². The van der Waals surface area contributed by atoms with Gasteiger partial charge in [-0.1, -0.05) is 36.4 Å². The van der Waals surface area contributed by atoms with Gasteiger partial charge in [-0.2, -0.15) is 23.5 Å². The molecular formula is C17H21NS2. The summed E-state index contributed by atoms with van der Waals surface area (Å²) in [5.41, 5.74) is 2.97. The van der Waals surface area contributed by atoms with Crippen LogP contribution in [0.2, 0.25) is 0 Å². The molecule has 0 atom stereocenters. The highest BCUT2D eigenvalue weighted by atomic mass is 32.2. The molecule has 2 aromatic carbocycles. The molecule has 0 saturated carbocycles. The van der Waals surface area contributed by atoms with Gasteiger partial charge in [-0.05, 0) is 28.9 Å². The smallest absolute Gasteiger partial charge is 0.0191 e. The van der Waals surface area contributed by atoms with E-state index in [0.29, 0.717) is 0 Å². The van der Waals surface area contributed by atoms with Crippen LogP contribution in [0.25, 0.3) is 10.8 Å². The van der Waals surface area contributed by atoms with E-state index in [1.807, 2.05) is 0 Å². The van der Waals surface area contributed by atoms with Crippen molar-refractivity contribution in [3.63, 3.8) is 0 Å². The molecular weight excluding hydrogens is 282 g/mol. The molecule has 1 nitrogen and oxygen atoms in total. The summed E-state index contributed by atoms with van der Waals surface area (Å²) in [5.74, 6) is 4.69. The third kappa shape index (κ3) is 3.33. The van der Waals surface area contributed by atoms with E-state index >= 15 is 0 Å². The topological polar surface area (TPSA) is 3.24 Å². The molecule has 106 valence electrons. The summed E-state index contributed by atoms with van der Waals surface area (Å²) < 4.78 is 0. The molecule has 3 rings (SSSR count). The first-order valence-corrected chi connectivity index (χ1v) is 9.49. The lowest BCUT2D eigenvalue weighted by molar-refractivity contribution is 0.380. The number of benzene rings is 2. The highest BCUT2D eigenvalue weighted by Crippen LogP contribution is 2.28. The van der Waals surface area contributed by atoms with Gasteiger partial charge in [0.05, 0.1) is 0 Å². The van der Waals surface area contributed by atoms with E-state index in [9.17, 15) is 0 Å². The molecule has 0 fully saturated rings. The number of hydrogen-bond donors (Lipinski definition) is 0. The highest BCUT2D eigenvalue weighted by molar-refractivity contribution is 7.98. The molecule has 0 aliphatic carbocycles. The Morgan fingerprint density at radius 2 is 1.30 bits per heavy atom. The second kappa shape index (κ2) is 6.88. The van der Waals surface area contributed by atoms with Crippen molar-refractivity contribution in [2.24, 2.45) is 0 Å². The van der Waals surface area contributed by atoms with Crippen LogP contribution in [0.15, 0.2) is 36.4 Å². The summed E-state index contributed by atoms with van der Waals surface area (Å²) in [7, 11) is 2.24. The molecule has 20 heavy (non-hydrogen) atoms. The standard InChI is InChI=1S/C17H21NS2/c1-18-8-10-19-12-14-4-2-6-16-15(13-20-11-9-18)5-3-7-17(14)16/h2-7H,8-13H2,1H3. The number of rotatable bonds is 0. The van der Waals surface area contributed by atoms with Gasteiger partial charge in [0.15, 0.2) is 0 Å². The SMILES string of the molecule is CN1CCSCc2cccc3c(cccc23)CSCC1. The van der Waals surface area contributed by atoms with Crippen molar-refractivity contribution in [1.29, 1.82) is 0 Å². The van der Waals surface area contributed by atoms with Crippen molar-refractivity contribution in [1.82, 2.24) is 4.90 Å². The molecule has 0 N–H and O–H groups in total. The quantitative estimate of drug-likeness (QED) is 0.716. The van der Waals surface area contributed by atoms with Crippen LogP contribution in [-0.2, 0) is 11.5 Å². The lowest BCUT2D eigenvalue weighted by Gasteiger charge is -2.15. The van der Waals surface area contributed by atoms with Crippen molar-refractivity contribution >= 4 is 34.3 Å². The summed E-state index contributed by atoms with van der Waals surface area (Å²) in [4.78, 5) is 2.45. The third-order valence-electron chi connectivity index (χ3n) is 3.85. The van der Waals surface area contributed by atoms with E-state index in [1.165, 1.54) is 46.5 Å². The minimum atomic E-state index is 1.13. The lowest BCUT2D eigenvalue weighted by atomic mass is 10.0. The molecule has 1 aliphatic heterocycles. The summed E-state index contributed by atoms with van der Waals surface area (Å²) >= 11 is 4.11. The Morgan fingerprint density at radius 3 is 1.80 bits per heavy atom. The molecule has 4 bridgehead atoms. The van der Waals surface area contributed by atoms with Gasteiger partial charge in [-0.25, -0.2) is 0 Å². The minimum absolute atomic E-state index is 1.13. The van der Waals surface area contributed by atoms with Gasteiger partial charge in [-0.15, -0.1) is 0 Å². The predicted octanol–water partition coefficient (Wildman–Crippen LogP) is 4.25. The maximum atomic E-state index is 2.45. The molecule has 0 unspecified atom stereocenters. The zero-order chi connectivity index (χ0) is 13.8. The zero-order valence-corrected chi connectivity index (χ0v) is 13.6. The molecule has 0 aromatic heterocycles. The molecule has 2 aromatic rings. The van der Waals surface area contributed by atoms with Gasteiger partial charge in [0.25, 0.3) is 0 Å². The first kappa shape index (κ1) is 14.3. The van der Waals surface area contributed by atoms with Crippen LogP contribution in [0.1, 0.15) is 11.1 Å². The van der Waals surface area contributed by atoms with Crippen molar-refractivity contribution in [3.8, 4) is 0 Å². The maximum absolute atomic E-state index is 2.45. The van der Waals surface area contributed by atoms with Gasteiger partial charge >= 0.3 is 0 Å². The number of thioether (sulfide) groups is 2. The number of nitrogens with zero attached hydrogens (tertiary/aromatic N) is 1. The predicted molar refractivity (Wildman–Crippen MR) is 93.8 cm³/mol. The van der Waals surface area contributed by atoms with Crippen molar-refractivity contribution in [3.05, 3.63) is 47.5 Å². The van der Waals surface area contributed by atoms with Gasteiger partial charge in [-0.3, -0.25) is 0 Å². The van der Waals surface area contributed by atoms with Crippen molar-refractivity contribution < 1.29 is 0 Å². The fourth-order valence-corrected chi connectivity index (χ4v) is 4.72. The third-order valence-corrected chi connectivity index (χ3v) is 5.83. The molecule has 0 spiro atoms. The molecule has 0 amide bonds. The Labute approximate surface area is 130 Å². The van der Waals surface area contributed by atoms with Crippen molar-refractivity contribution in [2.45, 2.75) is 11.5 Å². The Hall–Kier alpha value is -0.640. The largest absolute Gasteiger partial charge is 0.305 e. The fraction of sp³-hybridized carbons (Fsp3) is 0.412. The Bertz CT molecular complexity index is 531. The fourth-order valence-electron chi connectivity index (χ4n) is 2.61. The van der Waals surface area contributed by atoms with Gasteiger partial charge in [0.1, 0.15) is 0 Å². The van der Waals surface area contributed by atoms with Crippen LogP contribution < -0.4 is 0 Å². The van der Waals surface area contributed by atoms with Gasteiger partial charge in [0.2, 0.25) is 0 Å². The monoisotopic (exact) mass is 303 g/mol. The van der Waals surface area contributed by atoms with Crippen LogP contribution in [0, 0.1) is 0 Å². The lowest BCUT2D eigenvalue weighted by Crippen LogP contribution is -2.23. The number of hydrogen-bond acceptors (Lipinski definition) is 3. The minimum Gasteiger partial charge on any atom is -0.305 e. The Morgan fingerprint density at radius 1 is 0.800 bits per heavy atom. The van der Waals surface area contributed by atoms with Crippen LogP contribution in [0.5, 0.6) is 0 Å². The average molecular weight is 303 g/mol. The molecule has 0 saturated heterocycles. The van der Waals surface area contributed by atoms with Crippen LogP contribution >= 0.6 is 23.5 Å². The van der Waals surface area contributed by atoms with Gasteiger partial charge < -0.3 is 4.90 Å². The Balaban J connectivity index is 1.94. The first-order valence-electron chi connectivity index (χ1n) is 7.18.